The van der Waals surface area contributed by atoms with Crippen LogP contribution in [0.5, 0.6) is 0 Å². The predicted molar refractivity (Wildman–Crippen MR) is 77.3 cm³/mol. The Morgan fingerprint density at radius 2 is 2.14 bits per heavy atom. The van der Waals surface area contributed by atoms with Gasteiger partial charge in [-0.1, -0.05) is 24.3 Å². The minimum Gasteiger partial charge on any atom is -0.453 e. The van der Waals surface area contributed by atoms with Gasteiger partial charge in [0.25, 0.3) is 0 Å². The molecule has 2 bridgehead atoms. The molecule has 2 amide bonds. The van der Waals surface area contributed by atoms with Crippen molar-refractivity contribution in [2.45, 2.75) is 23.9 Å². The van der Waals surface area contributed by atoms with Crippen molar-refractivity contribution in [3.05, 3.63) is 42.0 Å². The van der Waals surface area contributed by atoms with Gasteiger partial charge in [-0.15, -0.1) is 0 Å². The van der Waals surface area contributed by atoms with Crippen LogP contribution < -0.4 is 5.32 Å². The van der Waals surface area contributed by atoms with E-state index in [1.54, 1.807) is 6.08 Å². The number of benzene rings is 1. The second-order valence-corrected chi connectivity index (χ2v) is 5.77. The van der Waals surface area contributed by atoms with E-state index in [2.05, 4.69) is 5.32 Å². The molecule has 0 radical (unpaired) electrons. The third-order valence-corrected chi connectivity index (χ3v) is 4.87. The van der Waals surface area contributed by atoms with Crippen LogP contribution in [0.4, 0.5) is 10.5 Å². The van der Waals surface area contributed by atoms with Crippen LogP contribution in [0.1, 0.15) is 12.0 Å². The van der Waals surface area contributed by atoms with Crippen LogP contribution in [0.2, 0.25) is 0 Å². The molecule has 0 saturated carbocycles. The van der Waals surface area contributed by atoms with Crippen LogP contribution in [-0.4, -0.2) is 41.9 Å². The summed E-state index contributed by atoms with van der Waals surface area (Å²) < 4.78 is 4.81. The number of hydrogen-bond acceptors (Lipinski definition) is 4. The molecule has 22 heavy (non-hydrogen) atoms. The standard InChI is InChI=1S/C16H14N2O4/c1-22-15(21)18-11-8-16(13(18)7-6-12(11)19)9-4-2-3-5-10(9)17-14(16)20/h2-7,11,13H,8H2,1H3,(H,17,20)/t11-,13-,16-/m0/s1. The lowest BCUT2D eigenvalue weighted by Gasteiger charge is -2.33. The summed E-state index contributed by atoms with van der Waals surface area (Å²) in [7, 11) is 1.28. The highest BCUT2D eigenvalue weighted by Gasteiger charge is 2.64. The fourth-order valence-corrected chi connectivity index (χ4v) is 3.93. The van der Waals surface area contributed by atoms with Crippen LogP contribution in [0.25, 0.3) is 0 Å². The third-order valence-electron chi connectivity index (χ3n) is 4.87. The maximum atomic E-state index is 12.7. The van der Waals surface area contributed by atoms with Gasteiger partial charge in [0.1, 0.15) is 5.41 Å². The monoisotopic (exact) mass is 298 g/mol. The second-order valence-electron chi connectivity index (χ2n) is 5.77. The molecule has 4 rings (SSSR count). The number of methoxy groups -OCH3 is 1. The second kappa shape index (κ2) is 4.19. The van der Waals surface area contributed by atoms with Crippen molar-refractivity contribution in [3.8, 4) is 0 Å². The molecule has 1 N–H and O–H groups in total. The van der Waals surface area contributed by atoms with Gasteiger partial charge in [-0.3, -0.25) is 14.5 Å². The van der Waals surface area contributed by atoms with Crippen molar-refractivity contribution < 1.29 is 19.1 Å². The van der Waals surface area contributed by atoms with Crippen LogP contribution in [0.3, 0.4) is 0 Å². The van der Waals surface area contributed by atoms with Crippen molar-refractivity contribution in [2.24, 2.45) is 0 Å². The van der Waals surface area contributed by atoms with Gasteiger partial charge >= 0.3 is 6.09 Å². The Morgan fingerprint density at radius 3 is 2.91 bits per heavy atom. The molecule has 112 valence electrons. The molecule has 6 heteroatoms. The summed E-state index contributed by atoms with van der Waals surface area (Å²) in [5.41, 5.74) is 0.657. The molecular weight excluding hydrogens is 284 g/mol. The van der Waals surface area contributed by atoms with Crippen molar-refractivity contribution in [1.82, 2.24) is 4.90 Å². The summed E-state index contributed by atoms with van der Waals surface area (Å²) in [5.74, 6) is -0.342. The Labute approximate surface area is 126 Å². The maximum absolute atomic E-state index is 12.7. The van der Waals surface area contributed by atoms with Gasteiger partial charge in [-0.25, -0.2) is 4.79 Å². The lowest BCUT2D eigenvalue weighted by molar-refractivity contribution is -0.121. The summed E-state index contributed by atoms with van der Waals surface area (Å²) in [6.07, 6.45) is 2.81. The van der Waals surface area contributed by atoms with Crippen molar-refractivity contribution in [3.63, 3.8) is 0 Å². The lowest BCUT2D eigenvalue weighted by atomic mass is 9.75. The maximum Gasteiger partial charge on any atom is 0.410 e. The normalized spacial score (nSPS) is 31.4. The highest BCUT2D eigenvalue weighted by Crippen LogP contribution is 2.52. The topological polar surface area (TPSA) is 75.7 Å². The number of para-hydroxylation sites is 1. The van der Waals surface area contributed by atoms with E-state index in [1.165, 1.54) is 18.1 Å². The first-order valence-electron chi connectivity index (χ1n) is 7.09. The molecule has 1 saturated heterocycles. The molecule has 0 unspecified atom stereocenters. The third kappa shape index (κ3) is 1.37. The number of amides is 2. The molecule has 3 aliphatic heterocycles. The van der Waals surface area contributed by atoms with Gasteiger partial charge in [0.15, 0.2) is 5.78 Å². The molecule has 6 nitrogen and oxygen atoms in total. The van der Waals surface area contributed by atoms with Crippen molar-refractivity contribution >= 4 is 23.5 Å². The first-order valence-corrected chi connectivity index (χ1v) is 7.09. The number of carbonyl (C=O) groups is 3. The van der Waals surface area contributed by atoms with Crippen LogP contribution in [0.15, 0.2) is 36.4 Å². The largest absolute Gasteiger partial charge is 0.453 e. The number of fused-ring (bicyclic) bond motifs is 5. The van der Waals surface area contributed by atoms with E-state index in [1.807, 2.05) is 24.3 Å². The fraction of sp³-hybridized carbons (Fsp3) is 0.312. The first-order chi connectivity index (χ1) is 10.6. The molecule has 3 atom stereocenters. The number of rotatable bonds is 0. The molecule has 3 aliphatic rings. The summed E-state index contributed by atoms with van der Waals surface area (Å²) in [6.45, 7) is 0. The van der Waals surface area contributed by atoms with Gasteiger partial charge < -0.3 is 10.1 Å². The van der Waals surface area contributed by atoms with Gasteiger partial charge in [0, 0.05) is 5.69 Å². The highest BCUT2D eigenvalue weighted by molar-refractivity contribution is 6.10. The van der Waals surface area contributed by atoms with Crippen LogP contribution in [0, 0.1) is 0 Å². The average Bonchev–Trinajstić information content (AvgIpc) is 2.96. The average molecular weight is 298 g/mol. The van der Waals surface area contributed by atoms with Crippen LogP contribution >= 0.6 is 0 Å². The minimum atomic E-state index is -0.919. The van der Waals surface area contributed by atoms with Gasteiger partial charge in [-0.05, 0) is 24.1 Å². The van der Waals surface area contributed by atoms with E-state index in [9.17, 15) is 14.4 Å². The Morgan fingerprint density at radius 1 is 1.36 bits per heavy atom. The molecule has 0 aliphatic carbocycles. The Balaban J connectivity index is 1.91. The van der Waals surface area contributed by atoms with E-state index in [0.29, 0.717) is 0 Å². The summed E-state index contributed by atoms with van der Waals surface area (Å²) in [5, 5.41) is 2.87. The highest BCUT2D eigenvalue weighted by atomic mass is 16.5. The number of ether oxygens (including phenoxy) is 1. The molecule has 1 aromatic carbocycles. The van der Waals surface area contributed by atoms with E-state index in [0.717, 1.165) is 11.3 Å². The zero-order valence-electron chi connectivity index (χ0n) is 11.9. The summed E-state index contributed by atoms with van der Waals surface area (Å²) >= 11 is 0. The smallest absolute Gasteiger partial charge is 0.410 e. The number of hydrogen-bond donors (Lipinski definition) is 1. The number of carbonyl (C=O) groups excluding carboxylic acids is 3. The van der Waals surface area contributed by atoms with Gasteiger partial charge in [-0.2, -0.15) is 0 Å². The van der Waals surface area contributed by atoms with Crippen molar-refractivity contribution in [1.29, 1.82) is 0 Å². The quantitative estimate of drug-likeness (QED) is 0.781. The van der Waals surface area contributed by atoms with E-state index in [4.69, 9.17) is 4.74 Å². The number of anilines is 1. The first kappa shape index (κ1) is 13.1. The number of nitrogens with zero attached hydrogens (tertiary/aromatic N) is 1. The van der Waals surface area contributed by atoms with Crippen LogP contribution in [-0.2, 0) is 19.7 Å². The Hall–Kier alpha value is -2.63. The summed E-state index contributed by atoms with van der Waals surface area (Å²) in [4.78, 5) is 38.4. The van der Waals surface area contributed by atoms with E-state index in [-0.39, 0.29) is 18.1 Å². The van der Waals surface area contributed by atoms with Gasteiger partial charge in [0.05, 0.1) is 19.2 Å². The Bertz CT molecular complexity index is 741. The zero-order valence-corrected chi connectivity index (χ0v) is 11.9. The predicted octanol–water partition coefficient (Wildman–Crippen LogP) is 1.22. The molecule has 3 heterocycles. The molecule has 0 aromatic heterocycles. The molecular formula is C16H14N2O4. The Kier molecular flexibility index (Phi) is 2.49. The van der Waals surface area contributed by atoms with E-state index < -0.39 is 23.6 Å². The molecule has 1 spiro atoms. The SMILES string of the molecule is COC(=O)N1[C@H]2C=CC(=O)[C@@H]1C[C@@]21C(=O)Nc2ccccc21. The van der Waals surface area contributed by atoms with Crippen molar-refractivity contribution in [2.75, 3.05) is 12.4 Å². The minimum absolute atomic E-state index is 0.171. The van der Waals surface area contributed by atoms with Gasteiger partial charge in [0.2, 0.25) is 5.91 Å². The molecule has 1 aromatic rings. The fourth-order valence-electron chi connectivity index (χ4n) is 3.93. The lowest BCUT2D eigenvalue weighted by Crippen LogP contribution is -2.51. The number of nitrogens with one attached hydrogen (secondary N) is 1. The van der Waals surface area contributed by atoms with E-state index >= 15 is 0 Å². The number of ketones is 1. The summed E-state index contributed by atoms with van der Waals surface area (Å²) in [6, 6.07) is 6.25. The molecule has 1 fully saturated rings. The zero-order chi connectivity index (χ0) is 15.5.